The summed E-state index contributed by atoms with van der Waals surface area (Å²) in [5.41, 5.74) is 2.69. The Labute approximate surface area is 139 Å². The standard InChI is InChI=1S/C18H17N3OS/c22-18(20-9-5-10-20)15-13-21(12-14-6-2-1-3-7-14)19-17(15)16-8-4-11-23-16/h1-4,6-8,11,13H,5,9-10,12H2. The van der Waals surface area contributed by atoms with Crippen LogP contribution in [0.15, 0.2) is 54.0 Å². The molecule has 0 spiro atoms. The molecule has 4 nitrogen and oxygen atoms in total. The molecule has 0 radical (unpaired) electrons. The van der Waals surface area contributed by atoms with E-state index in [1.807, 2.05) is 51.5 Å². The van der Waals surface area contributed by atoms with Gasteiger partial charge in [-0.05, 0) is 23.4 Å². The lowest BCUT2D eigenvalue weighted by Gasteiger charge is -2.30. The predicted molar refractivity (Wildman–Crippen MR) is 91.6 cm³/mol. The van der Waals surface area contributed by atoms with E-state index in [0.717, 1.165) is 30.1 Å². The second-order valence-electron chi connectivity index (χ2n) is 5.70. The smallest absolute Gasteiger partial charge is 0.257 e. The van der Waals surface area contributed by atoms with Crippen molar-refractivity contribution in [3.8, 4) is 10.6 Å². The Morgan fingerprint density at radius 1 is 1.13 bits per heavy atom. The monoisotopic (exact) mass is 323 g/mol. The van der Waals surface area contributed by atoms with Gasteiger partial charge in [0.25, 0.3) is 5.91 Å². The topological polar surface area (TPSA) is 38.1 Å². The van der Waals surface area contributed by atoms with Crippen LogP contribution < -0.4 is 0 Å². The van der Waals surface area contributed by atoms with Crippen LogP contribution in [-0.4, -0.2) is 33.7 Å². The Balaban J connectivity index is 1.70. The average molecular weight is 323 g/mol. The van der Waals surface area contributed by atoms with Crippen LogP contribution in [0.25, 0.3) is 10.6 Å². The zero-order valence-corrected chi connectivity index (χ0v) is 13.5. The number of hydrogen-bond donors (Lipinski definition) is 0. The Kier molecular flexibility index (Phi) is 3.71. The van der Waals surface area contributed by atoms with Crippen LogP contribution in [0, 0.1) is 0 Å². The molecule has 0 aliphatic carbocycles. The van der Waals surface area contributed by atoms with Crippen molar-refractivity contribution >= 4 is 17.2 Å². The molecule has 4 rings (SSSR count). The minimum Gasteiger partial charge on any atom is -0.338 e. The number of nitrogens with zero attached hydrogens (tertiary/aromatic N) is 3. The first-order chi connectivity index (χ1) is 11.3. The van der Waals surface area contributed by atoms with E-state index in [1.165, 1.54) is 5.56 Å². The Hall–Kier alpha value is -2.40. The third-order valence-corrected chi connectivity index (χ3v) is 4.95. The third-order valence-electron chi connectivity index (χ3n) is 4.08. The quantitative estimate of drug-likeness (QED) is 0.737. The second kappa shape index (κ2) is 6.01. The molecule has 0 N–H and O–H groups in total. The van der Waals surface area contributed by atoms with Crippen molar-refractivity contribution in [2.75, 3.05) is 13.1 Å². The maximum Gasteiger partial charge on any atom is 0.257 e. The van der Waals surface area contributed by atoms with E-state index < -0.39 is 0 Å². The van der Waals surface area contributed by atoms with E-state index in [9.17, 15) is 4.79 Å². The van der Waals surface area contributed by atoms with E-state index >= 15 is 0 Å². The maximum absolute atomic E-state index is 12.7. The Morgan fingerprint density at radius 3 is 2.61 bits per heavy atom. The molecular weight excluding hydrogens is 306 g/mol. The van der Waals surface area contributed by atoms with Crippen LogP contribution >= 0.6 is 11.3 Å². The SMILES string of the molecule is O=C(c1cn(Cc2ccccc2)nc1-c1cccs1)N1CCC1. The number of aromatic nitrogens is 2. The molecule has 0 saturated carbocycles. The summed E-state index contributed by atoms with van der Waals surface area (Å²) in [6, 6.07) is 14.2. The second-order valence-corrected chi connectivity index (χ2v) is 6.65. The molecule has 1 saturated heterocycles. The number of likely N-dealkylation sites (tertiary alicyclic amines) is 1. The molecule has 3 heterocycles. The fourth-order valence-corrected chi connectivity index (χ4v) is 3.44. The highest BCUT2D eigenvalue weighted by Crippen LogP contribution is 2.28. The highest BCUT2D eigenvalue weighted by Gasteiger charge is 2.26. The van der Waals surface area contributed by atoms with E-state index in [-0.39, 0.29) is 5.91 Å². The van der Waals surface area contributed by atoms with E-state index in [2.05, 4.69) is 17.2 Å². The lowest BCUT2D eigenvalue weighted by atomic mass is 10.1. The van der Waals surface area contributed by atoms with Gasteiger partial charge >= 0.3 is 0 Å². The highest BCUT2D eigenvalue weighted by atomic mass is 32.1. The molecule has 2 aromatic heterocycles. The number of carbonyl (C=O) groups excluding carboxylic acids is 1. The van der Waals surface area contributed by atoms with Crippen molar-refractivity contribution in [2.45, 2.75) is 13.0 Å². The van der Waals surface area contributed by atoms with Crippen molar-refractivity contribution in [3.63, 3.8) is 0 Å². The molecule has 5 heteroatoms. The molecule has 1 fully saturated rings. The summed E-state index contributed by atoms with van der Waals surface area (Å²) in [7, 11) is 0. The minimum absolute atomic E-state index is 0.0963. The lowest BCUT2D eigenvalue weighted by Crippen LogP contribution is -2.42. The summed E-state index contributed by atoms with van der Waals surface area (Å²) in [6.45, 7) is 2.38. The van der Waals surface area contributed by atoms with E-state index in [4.69, 9.17) is 0 Å². The average Bonchev–Trinajstić information content (AvgIpc) is 3.15. The van der Waals surface area contributed by atoms with Gasteiger partial charge < -0.3 is 4.90 Å². The molecule has 116 valence electrons. The summed E-state index contributed by atoms with van der Waals surface area (Å²) in [6.07, 6.45) is 2.99. The van der Waals surface area contributed by atoms with Gasteiger partial charge in [0, 0.05) is 19.3 Å². The number of hydrogen-bond acceptors (Lipinski definition) is 3. The first-order valence-corrected chi connectivity index (χ1v) is 8.64. The van der Waals surface area contributed by atoms with Crippen LogP contribution in [-0.2, 0) is 6.54 Å². The fourth-order valence-electron chi connectivity index (χ4n) is 2.71. The lowest BCUT2D eigenvalue weighted by molar-refractivity contribution is 0.0652. The molecule has 23 heavy (non-hydrogen) atoms. The maximum atomic E-state index is 12.7. The Bertz CT molecular complexity index is 804. The van der Waals surface area contributed by atoms with Crippen LogP contribution in [0.2, 0.25) is 0 Å². The summed E-state index contributed by atoms with van der Waals surface area (Å²) in [5.74, 6) is 0.0963. The van der Waals surface area contributed by atoms with Gasteiger partial charge in [-0.25, -0.2) is 0 Å². The van der Waals surface area contributed by atoms with Crippen LogP contribution in [0.5, 0.6) is 0 Å². The van der Waals surface area contributed by atoms with Crippen molar-refractivity contribution in [1.29, 1.82) is 0 Å². The van der Waals surface area contributed by atoms with Gasteiger partial charge in [-0.15, -0.1) is 11.3 Å². The summed E-state index contributed by atoms with van der Waals surface area (Å²) in [4.78, 5) is 15.6. The van der Waals surface area contributed by atoms with Gasteiger partial charge in [-0.3, -0.25) is 9.48 Å². The van der Waals surface area contributed by atoms with Gasteiger partial charge in [0.15, 0.2) is 0 Å². The van der Waals surface area contributed by atoms with Crippen molar-refractivity contribution in [3.05, 3.63) is 65.2 Å². The molecule has 0 unspecified atom stereocenters. The first kappa shape index (κ1) is 14.2. The molecule has 1 aliphatic rings. The third kappa shape index (κ3) is 2.80. The summed E-state index contributed by atoms with van der Waals surface area (Å²) < 4.78 is 1.87. The van der Waals surface area contributed by atoms with Crippen molar-refractivity contribution < 1.29 is 4.79 Å². The molecule has 1 aliphatic heterocycles. The van der Waals surface area contributed by atoms with Gasteiger partial charge in [-0.1, -0.05) is 36.4 Å². The zero-order chi connectivity index (χ0) is 15.6. The molecule has 1 aromatic carbocycles. The normalized spacial score (nSPS) is 13.8. The number of amides is 1. The number of thiophene rings is 1. The largest absolute Gasteiger partial charge is 0.338 e. The van der Waals surface area contributed by atoms with Gasteiger partial charge in [0.2, 0.25) is 0 Å². The predicted octanol–water partition coefficient (Wildman–Crippen LogP) is 3.51. The van der Waals surface area contributed by atoms with E-state index in [1.54, 1.807) is 11.3 Å². The van der Waals surface area contributed by atoms with Crippen LogP contribution in [0.4, 0.5) is 0 Å². The number of carbonyl (C=O) groups is 1. The van der Waals surface area contributed by atoms with E-state index in [0.29, 0.717) is 12.1 Å². The minimum atomic E-state index is 0.0963. The molecular formula is C18H17N3OS. The van der Waals surface area contributed by atoms with Gasteiger partial charge in [0.1, 0.15) is 5.69 Å². The van der Waals surface area contributed by atoms with Gasteiger partial charge in [-0.2, -0.15) is 5.10 Å². The summed E-state index contributed by atoms with van der Waals surface area (Å²) >= 11 is 1.62. The zero-order valence-electron chi connectivity index (χ0n) is 12.7. The highest BCUT2D eigenvalue weighted by molar-refractivity contribution is 7.13. The Morgan fingerprint density at radius 2 is 1.96 bits per heavy atom. The number of rotatable bonds is 4. The van der Waals surface area contributed by atoms with Gasteiger partial charge in [0.05, 0.1) is 17.0 Å². The van der Waals surface area contributed by atoms with Crippen LogP contribution in [0.3, 0.4) is 0 Å². The molecule has 3 aromatic rings. The fraction of sp³-hybridized carbons (Fsp3) is 0.222. The first-order valence-electron chi connectivity index (χ1n) is 7.76. The molecule has 0 atom stereocenters. The molecule has 0 bridgehead atoms. The summed E-state index contributed by atoms with van der Waals surface area (Å²) in [5, 5.41) is 6.71. The van der Waals surface area contributed by atoms with Crippen molar-refractivity contribution in [2.24, 2.45) is 0 Å². The number of benzene rings is 1. The van der Waals surface area contributed by atoms with Crippen LogP contribution in [0.1, 0.15) is 22.3 Å². The van der Waals surface area contributed by atoms with Crippen molar-refractivity contribution in [1.82, 2.24) is 14.7 Å². The molecule has 1 amide bonds.